The van der Waals surface area contributed by atoms with Crippen molar-refractivity contribution in [2.45, 2.75) is 51.2 Å². The van der Waals surface area contributed by atoms with Gasteiger partial charge in [-0.25, -0.2) is 10.4 Å². The second-order valence-electron chi connectivity index (χ2n) is 5.12. The van der Waals surface area contributed by atoms with Crippen LogP contribution in [0.25, 0.3) is 0 Å². The molecule has 0 aliphatic carbocycles. The first-order chi connectivity index (χ1) is 8.61. The van der Waals surface area contributed by atoms with E-state index in [9.17, 15) is 0 Å². The van der Waals surface area contributed by atoms with Crippen molar-refractivity contribution in [3.8, 4) is 0 Å². The molecule has 2 rings (SSSR count). The fraction of sp³-hybridized carbons (Fsp3) is 0.692. The average molecular weight is 332 g/mol. The number of nitrogens with one attached hydrogen (secondary N) is 1. The molecular formula is C13H22BrN3S. The third-order valence-corrected chi connectivity index (χ3v) is 5.47. The molecule has 0 aromatic carbocycles. The lowest BCUT2D eigenvalue weighted by Gasteiger charge is -2.41. The molecule has 0 radical (unpaired) electrons. The number of piperidine rings is 1. The van der Waals surface area contributed by atoms with Gasteiger partial charge in [0.15, 0.2) is 0 Å². The second kappa shape index (κ2) is 6.48. The minimum atomic E-state index is 0.226. The Balaban J connectivity index is 2.05. The Hall–Kier alpha value is 0.0600. The molecule has 3 N–H and O–H groups in total. The molecule has 0 saturated carbocycles. The summed E-state index contributed by atoms with van der Waals surface area (Å²) < 4.78 is 1.14. The molecule has 1 saturated heterocycles. The Labute approximate surface area is 122 Å². The van der Waals surface area contributed by atoms with Crippen LogP contribution in [0.3, 0.4) is 0 Å². The zero-order valence-corrected chi connectivity index (χ0v) is 13.4. The summed E-state index contributed by atoms with van der Waals surface area (Å²) in [6, 6.07) is 3.57. The highest BCUT2D eigenvalue weighted by Crippen LogP contribution is 2.27. The van der Waals surface area contributed by atoms with Crippen molar-refractivity contribution >= 4 is 27.3 Å². The van der Waals surface area contributed by atoms with E-state index in [0.717, 1.165) is 4.47 Å². The SMILES string of the molecule is CC1CCCC(C)N1NC(CN)c1cc(Br)cs1. The summed E-state index contributed by atoms with van der Waals surface area (Å²) in [6.45, 7) is 5.21. The molecule has 1 fully saturated rings. The van der Waals surface area contributed by atoms with Gasteiger partial charge in [-0.05, 0) is 48.7 Å². The summed E-state index contributed by atoms with van der Waals surface area (Å²) in [7, 11) is 0. The van der Waals surface area contributed by atoms with Crippen molar-refractivity contribution in [3.05, 3.63) is 20.8 Å². The van der Waals surface area contributed by atoms with Crippen molar-refractivity contribution in [2.24, 2.45) is 5.73 Å². The lowest BCUT2D eigenvalue weighted by atomic mass is 9.99. The van der Waals surface area contributed by atoms with Crippen LogP contribution in [-0.4, -0.2) is 23.6 Å². The number of hydrazine groups is 1. The Kier molecular flexibility index (Phi) is 5.21. The van der Waals surface area contributed by atoms with Crippen LogP contribution in [0.5, 0.6) is 0 Å². The molecule has 2 heterocycles. The highest BCUT2D eigenvalue weighted by atomic mass is 79.9. The molecule has 102 valence electrons. The topological polar surface area (TPSA) is 41.3 Å². The van der Waals surface area contributed by atoms with E-state index in [0.29, 0.717) is 18.6 Å². The van der Waals surface area contributed by atoms with Gasteiger partial charge < -0.3 is 5.73 Å². The predicted octanol–water partition coefficient (Wildman–Crippen LogP) is 3.28. The zero-order chi connectivity index (χ0) is 13.1. The maximum Gasteiger partial charge on any atom is 0.0680 e. The second-order valence-corrected chi connectivity index (χ2v) is 6.98. The summed E-state index contributed by atoms with van der Waals surface area (Å²) in [5.74, 6) is 0. The number of nitrogens with zero attached hydrogens (tertiary/aromatic N) is 1. The molecule has 3 atom stereocenters. The van der Waals surface area contributed by atoms with Crippen LogP contribution in [0.4, 0.5) is 0 Å². The van der Waals surface area contributed by atoms with Crippen molar-refractivity contribution in [3.63, 3.8) is 0 Å². The van der Waals surface area contributed by atoms with E-state index >= 15 is 0 Å². The first kappa shape index (κ1) is 14.5. The number of hydrogen-bond acceptors (Lipinski definition) is 4. The summed E-state index contributed by atoms with van der Waals surface area (Å²) in [6.07, 6.45) is 3.86. The Bertz CT molecular complexity index is 372. The van der Waals surface area contributed by atoms with Gasteiger partial charge in [-0.15, -0.1) is 11.3 Å². The Morgan fingerprint density at radius 2 is 2.17 bits per heavy atom. The average Bonchev–Trinajstić information content (AvgIpc) is 2.76. The third-order valence-electron chi connectivity index (χ3n) is 3.67. The van der Waals surface area contributed by atoms with Crippen molar-refractivity contribution < 1.29 is 0 Å². The molecule has 1 aromatic rings. The molecule has 0 spiro atoms. The fourth-order valence-electron chi connectivity index (χ4n) is 2.60. The van der Waals surface area contributed by atoms with E-state index < -0.39 is 0 Å². The van der Waals surface area contributed by atoms with Crippen LogP contribution in [-0.2, 0) is 0 Å². The fourth-order valence-corrected chi connectivity index (χ4v) is 4.10. The van der Waals surface area contributed by atoms with Crippen LogP contribution < -0.4 is 11.2 Å². The van der Waals surface area contributed by atoms with Gasteiger partial charge >= 0.3 is 0 Å². The Morgan fingerprint density at radius 1 is 1.50 bits per heavy atom. The number of nitrogens with two attached hydrogens (primary N) is 1. The molecule has 3 nitrogen and oxygen atoms in total. The van der Waals surface area contributed by atoms with Gasteiger partial charge in [0, 0.05) is 33.4 Å². The normalized spacial score (nSPS) is 27.3. The molecule has 5 heteroatoms. The monoisotopic (exact) mass is 331 g/mol. The molecule has 1 aliphatic heterocycles. The van der Waals surface area contributed by atoms with Gasteiger partial charge in [0.1, 0.15) is 0 Å². The molecule has 3 unspecified atom stereocenters. The first-order valence-electron chi connectivity index (χ1n) is 6.60. The molecule has 0 amide bonds. The van der Waals surface area contributed by atoms with Gasteiger partial charge in [-0.2, -0.15) is 0 Å². The Morgan fingerprint density at radius 3 is 2.67 bits per heavy atom. The maximum absolute atomic E-state index is 5.92. The van der Waals surface area contributed by atoms with Gasteiger partial charge in [-0.1, -0.05) is 6.42 Å². The molecular weight excluding hydrogens is 310 g/mol. The smallest absolute Gasteiger partial charge is 0.0680 e. The lowest BCUT2D eigenvalue weighted by molar-refractivity contribution is 0.0310. The van der Waals surface area contributed by atoms with E-state index in [2.05, 4.69) is 51.7 Å². The van der Waals surface area contributed by atoms with Gasteiger partial charge in [-0.3, -0.25) is 0 Å². The van der Waals surface area contributed by atoms with Gasteiger partial charge in [0.25, 0.3) is 0 Å². The van der Waals surface area contributed by atoms with Crippen LogP contribution in [0, 0.1) is 0 Å². The van der Waals surface area contributed by atoms with Crippen molar-refractivity contribution in [1.82, 2.24) is 10.4 Å². The number of halogens is 1. The predicted molar refractivity (Wildman–Crippen MR) is 81.6 cm³/mol. The lowest BCUT2D eigenvalue weighted by Crippen LogP contribution is -2.54. The summed E-state index contributed by atoms with van der Waals surface area (Å²) in [5.41, 5.74) is 9.56. The molecule has 0 bridgehead atoms. The van der Waals surface area contributed by atoms with Crippen LogP contribution >= 0.6 is 27.3 Å². The highest BCUT2D eigenvalue weighted by Gasteiger charge is 2.27. The van der Waals surface area contributed by atoms with E-state index in [1.54, 1.807) is 11.3 Å². The first-order valence-corrected chi connectivity index (χ1v) is 8.27. The van der Waals surface area contributed by atoms with Crippen LogP contribution in [0.1, 0.15) is 44.0 Å². The summed E-state index contributed by atoms with van der Waals surface area (Å²) >= 11 is 5.26. The number of thiophene rings is 1. The molecule has 18 heavy (non-hydrogen) atoms. The van der Waals surface area contributed by atoms with E-state index in [4.69, 9.17) is 5.73 Å². The minimum absolute atomic E-state index is 0.226. The van der Waals surface area contributed by atoms with Crippen molar-refractivity contribution in [2.75, 3.05) is 6.54 Å². The van der Waals surface area contributed by atoms with Crippen molar-refractivity contribution in [1.29, 1.82) is 0 Å². The standard InChI is InChI=1S/C13H22BrN3S/c1-9-4-3-5-10(2)17(9)16-12(7-15)13-6-11(14)8-18-13/h6,8-10,12,16H,3-5,7,15H2,1-2H3. The molecule has 1 aliphatic rings. The van der Waals surface area contributed by atoms with Crippen LogP contribution in [0.2, 0.25) is 0 Å². The summed E-state index contributed by atoms with van der Waals surface area (Å²) in [4.78, 5) is 1.30. The maximum atomic E-state index is 5.92. The molecule has 1 aromatic heterocycles. The van der Waals surface area contributed by atoms with Crippen LogP contribution in [0.15, 0.2) is 15.9 Å². The zero-order valence-electron chi connectivity index (χ0n) is 11.0. The highest BCUT2D eigenvalue weighted by molar-refractivity contribution is 9.10. The van der Waals surface area contributed by atoms with Gasteiger partial charge in [0.2, 0.25) is 0 Å². The largest absolute Gasteiger partial charge is 0.329 e. The quantitative estimate of drug-likeness (QED) is 0.889. The minimum Gasteiger partial charge on any atom is -0.329 e. The van der Waals surface area contributed by atoms with E-state index in [1.807, 2.05) is 0 Å². The van der Waals surface area contributed by atoms with E-state index in [-0.39, 0.29) is 6.04 Å². The number of hydrogen-bond donors (Lipinski definition) is 2. The van der Waals surface area contributed by atoms with Gasteiger partial charge in [0.05, 0.1) is 6.04 Å². The van der Waals surface area contributed by atoms with E-state index in [1.165, 1.54) is 24.1 Å². The third kappa shape index (κ3) is 3.33. The number of rotatable bonds is 4. The summed E-state index contributed by atoms with van der Waals surface area (Å²) in [5, 5.41) is 4.51.